The highest BCUT2D eigenvalue weighted by Gasteiger charge is 2.24. The van der Waals surface area contributed by atoms with Crippen molar-refractivity contribution >= 4 is 34.8 Å². The van der Waals surface area contributed by atoms with Crippen molar-refractivity contribution in [2.45, 2.75) is 31.8 Å². The fourth-order valence-electron chi connectivity index (χ4n) is 2.95. The van der Waals surface area contributed by atoms with Gasteiger partial charge in [0.25, 0.3) is 0 Å². The summed E-state index contributed by atoms with van der Waals surface area (Å²) in [5.74, 6) is 0.0225. The highest BCUT2D eigenvalue weighted by atomic mass is 35.5. The monoisotopic (exact) mass is 381 g/mol. The number of nitrogens with zero attached hydrogens (tertiary/aromatic N) is 2. The molecule has 24 heavy (non-hydrogen) atoms. The van der Waals surface area contributed by atoms with E-state index in [1.54, 1.807) is 6.08 Å². The molecule has 0 saturated heterocycles. The van der Waals surface area contributed by atoms with Crippen LogP contribution in [0.25, 0.3) is 0 Å². The summed E-state index contributed by atoms with van der Waals surface area (Å²) >= 11 is 18.6. The second-order valence-corrected chi connectivity index (χ2v) is 7.00. The first-order chi connectivity index (χ1) is 11.6. The smallest absolute Gasteiger partial charge is 0.0952 e. The Kier molecular flexibility index (Phi) is 5.67. The Morgan fingerprint density at radius 2 is 2.00 bits per heavy atom. The normalized spacial score (nSPS) is 17.6. The van der Waals surface area contributed by atoms with Gasteiger partial charge in [-0.15, -0.1) is 0 Å². The van der Waals surface area contributed by atoms with Crippen molar-refractivity contribution in [3.63, 3.8) is 0 Å². The molecule has 0 fully saturated rings. The van der Waals surface area contributed by atoms with Crippen LogP contribution in [0.2, 0.25) is 5.02 Å². The average Bonchev–Trinajstić information content (AvgIpc) is 2.97. The summed E-state index contributed by atoms with van der Waals surface area (Å²) in [5.41, 5.74) is 9.03. The molecule has 2 N–H and O–H groups in total. The maximum absolute atomic E-state index is 6.37. The summed E-state index contributed by atoms with van der Waals surface area (Å²) in [6.07, 6.45) is 7.13. The SMILES string of the molecule is NCc1c(C2CC=C(Cl)C=C2Cl)ncn1CCc1ccccc1Cl. The van der Waals surface area contributed by atoms with Crippen molar-refractivity contribution in [2.75, 3.05) is 0 Å². The van der Waals surface area contributed by atoms with Crippen molar-refractivity contribution in [1.29, 1.82) is 0 Å². The van der Waals surface area contributed by atoms with Crippen molar-refractivity contribution in [3.05, 3.63) is 74.8 Å². The van der Waals surface area contributed by atoms with Gasteiger partial charge in [0, 0.05) is 34.1 Å². The van der Waals surface area contributed by atoms with Crippen LogP contribution in [-0.4, -0.2) is 9.55 Å². The molecule has 1 aromatic heterocycles. The van der Waals surface area contributed by atoms with Crippen LogP contribution in [0.1, 0.15) is 29.3 Å². The number of aryl methyl sites for hydroxylation is 2. The zero-order valence-electron chi connectivity index (χ0n) is 13.1. The predicted molar refractivity (Wildman–Crippen MR) is 101 cm³/mol. The Morgan fingerprint density at radius 3 is 2.71 bits per heavy atom. The van der Waals surface area contributed by atoms with E-state index >= 15 is 0 Å². The molecule has 0 amide bonds. The number of hydrogen-bond donors (Lipinski definition) is 1. The van der Waals surface area contributed by atoms with E-state index in [9.17, 15) is 0 Å². The van der Waals surface area contributed by atoms with Gasteiger partial charge >= 0.3 is 0 Å². The lowest BCUT2D eigenvalue weighted by atomic mass is 9.95. The number of imidazole rings is 1. The van der Waals surface area contributed by atoms with Crippen LogP contribution < -0.4 is 5.73 Å². The Labute approximate surface area is 156 Å². The fourth-order valence-corrected chi connectivity index (χ4v) is 3.75. The number of benzene rings is 1. The van der Waals surface area contributed by atoms with E-state index in [1.165, 1.54) is 0 Å². The molecule has 3 nitrogen and oxygen atoms in total. The molecule has 0 radical (unpaired) electrons. The van der Waals surface area contributed by atoms with Crippen LogP contribution in [0.4, 0.5) is 0 Å². The molecule has 0 saturated carbocycles. The van der Waals surface area contributed by atoms with E-state index in [1.807, 2.05) is 36.7 Å². The number of halogens is 3. The van der Waals surface area contributed by atoms with Gasteiger partial charge in [-0.3, -0.25) is 0 Å². The Hall–Kier alpha value is -1.26. The van der Waals surface area contributed by atoms with Gasteiger partial charge in [0.15, 0.2) is 0 Å². The van der Waals surface area contributed by atoms with Gasteiger partial charge in [0.2, 0.25) is 0 Å². The van der Waals surface area contributed by atoms with Gasteiger partial charge < -0.3 is 10.3 Å². The third-order valence-corrected chi connectivity index (χ3v) is 5.24. The predicted octanol–water partition coefficient (Wildman–Crippen LogP) is 4.97. The first kappa shape index (κ1) is 17.6. The lowest BCUT2D eigenvalue weighted by Crippen LogP contribution is -2.13. The zero-order valence-corrected chi connectivity index (χ0v) is 15.3. The van der Waals surface area contributed by atoms with Crippen LogP contribution in [0, 0.1) is 0 Å². The van der Waals surface area contributed by atoms with E-state index in [4.69, 9.17) is 40.5 Å². The van der Waals surface area contributed by atoms with Gasteiger partial charge in [-0.1, -0.05) is 59.1 Å². The van der Waals surface area contributed by atoms with Crippen molar-refractivity contribution in [2.24, 2.45) is 5.73 Å². The standard InChI is InChI=1S/C18H18Cl3N3/c19-13-5-6-14(16(21)9-13)18-17(10-22)24(11-23-18)8-7-12-3-1-2-4-15(12)20/h1-5,9,11,14H,6-8,10,22H2. The van der Waals surface area contributed by atoms with Crippen molar-refractivity contribution in [3.8, 4) is 0 Å². The molecular weight excluding hydrogens is 365 g/mol. The molecule has 0 spiro atoms. The molecular formula is C18H18Cl3N3. The second-order valence-electron chi connectivity index (χ2n) is 5.72. The minimum atomic E-state index is 0.0225. The Bertz CT molecular complexity index is 793. The van der Waals surface area contributed by atoms with E-state index < -0.39 is 0 Å². The lowest BCUT2D eigenvalue weighted by Gasteiger charge is -2.18. The Morgan fingerprint density at radius 1 is 1.21 bits per heavy atom. The third-order valence-electron chi connectivity index (χ3n) is 4.24. The highest BCUT2D eigenvalue weighted by molar-refractivity contribution is 6.35. The summed E-state index contributed by atoms with van der Waals surface area (Å²) < 4.78 is 2.09. The maximum atomic E-state index is 6.37. The van der Waals surface area contributed by atoms with E-state index in [2.05, 4.69) is 9.55 Å². The molecule has 6 heteroatoms. The van der Waals surface area contributed by atoms with E-state index in [0.717, 1.165) is 41.4 Å². The molecule has 0 bridgehead atoms. The first-order valence-electron chi connectivity index (χ1n) is 7.80. The van der Waals surface area contributed by atoms with E-state index in [0.29, 0.717) is 16.6 Å². The van der Waals surface area contributed by atoms with Gasteiger partial charge in [-0.25, -0.2) is 4.98 Å². The van der Waals surface area contributed by atoms with Crippen LogP contribution >= 0.6 is 34.8 Å². The second kappa shape index (κ2) is 7.75. The number of rotatable bonds is 5. The lowest BCUT2D eigenvalue weighted by molar-refractivity contribution is 0.653. The van der Waals surface area contributed by atoms with Crippen LogP contribution in [0.5, 0.6) is 0 Å². The fraction of sp³-hybridized carbons (Fsp3) is 0.278. The minimum absolute atomic E-state index is 0.0225. The minimum Gasteiger partial charge on any atom is -0.333 e. The van der Waals surface area contributed by atoms with Gasteiger partial charge in [0.1, 0.15) is 0 Å². The summed E-state index contributed by atoms with van der Waals surface area (Å²) in [4.78, 5) is 4.57. The molecule has 1 heterocycles. The summed E-state index contributed by atoms with van der Waals surface area (Å²) in [7, 11) is 0. The molecule has 1 aliphatic rings. The van der Waals surface area contributed by atoms with Crippen LogP contribution in [-0.2, 0) is 19.5 Å². The van der Waals surface area contributed by atoms with Crippen LogP contribution in [0.15, 0.2) is 52.8 Å². The zero-order chi connectivity index (χ0) is 17.1. The third kappa shape index (κ3) is 3.70. The number of nitrogens with two attached hydrogens (primary N) is 1. The maximum Gasteiger partial charge on any atom is 0.0952 e. The quantitative estimate of drug-likeness (QED) is 0.793. The summed E-state index contributed by atoms with van der Waals surface area (Å²) in [6.45, 7) is 1.18. The molecule has 1 unspecified atom stereocenters. The average molecular weight is 383 g/mol. The highest BCUT2D eigenvalue weighted by Crippen LogP contribution is 2.37. The number of hydrogen-bond acceptors (Lipinski definition) is 2. The topological polar surface area (TPSA) is 43.8 Å². The first-order valence-corrected chi connectivity index (χ1v) is 8.93. The number of aromatic nitrogens is 2. The molecule has 0 aliphatic heterocycles. The molecule has 3 rings (SSSR count). The van der Waals surface area contributed by atoms with Crippen molar-refractivity contribution in [1.82, 2.24) is 9.55 Å². The van der Waals surface area contributed by atoms with Crippen LogP contribution in [0.3, 0.4) is 0 Å². The van der Waals surface area contributed by atoms with Crippen molar-refractivity contribution < 1.29 is 0 Å². The largest absolute Gasteiger partial charge is 0.333 e. The van der Waals surface area contributed by atoms with Gasteiger partial charge in [-0.05, 0) is 30.5 Å². The molecule has 1 atom stereocenters. The molecule has 126 valence electrons. The van der Waals surface area contributed by atoms with Gasteiger partial charge in [-0.2, -0.15) is 0 Å². The molecule has 2 aromatic rings. The summed E-state index contributed by atoms with van der Waals surface area (Å²) in [5, 5.41) is 2.16. The number of allylic oxidation sites excluding steroid dienone is 4. The summed E-state index contributed by atoms with van der Waals surface area (Å²) in [6, 6.07) is 7.87. The molecule has 1 aliphatic carbocycles. The molecule has 1 aromatic carbocycles. The van der Waals surface area contributed by atoms with Gasteiger partial charge in [0.05, 0.1) is 17.7 Å². The Balaban J connectivity index is 1.80. The van der Waals surface area contributed by atoms with E-state index in [-0.39, 0.29) is 5.92 Å².